The SMILES string of the molecule is COc1nc(N)nc2c1ncn2[C@H]1C[C@@H](COP(=O)(N[C@@H](C)C(=O)O)Oc2cccc3ccccc23)C1. The molecule has 37 heavy (non-hydrogen) atoms. The number of rotatable bonds is 10. The summed E-state index contributed by atoms with van der Waals surface area (Å²) in [6.07, 6.45) is 3.09. The van der Waals surface area contributed by atoms with Crippen LogP contribution >= 0.6 is 7.75 Å². The maximum absolute atomic E-state index is 13.7. The highest BCUT2D eigenvalue weighted by molar-refractivity contribution is 7.52. The highest BCUT2D eigenvalue weighted by Crippen LogP contribution is 2.49. The first kappa shape index (κ1) is 24.9. The predicted octanol–water partition coefficient (Wildman–Crippen LogP) is 3.79. The summed E-state index contributed by atoms with van der Waals surface area (Å²) in [6.45, 7) is 1.50. The van der Waals surface area contributed by atoms with Crippen LogP contribution < -0.4 is 20.1 Å². The topological polar surface area (TPSA) is 164 Å². The number of carboxylic acid groups (broad SMARTS) is 1. The predicted molar refractivity (Wildman–Crippen MR) is 136 cm³/mol. The number of hydrogen-bond acceptors (Lipinski definition) is 9. The van der Waals surface area contributed by atoms with E-state index in [-0.39, 0.29) is 24.5 Å². The fourth-order valence-corrected chi connectivity index (χ4v) is 5.96. The molecule has 0 radical (unpaired) electrons. The van der Waals surface area contributed by atoms with Crippen molar-refractivity contribution in [1.29, 1.82) is 0 Å². The largest absolute Gasteiger partial charge is 0.480 e. The first-order valence-electron chi connectivity index (χ1n) is 11.7. The van der Waals surface area contributed by atoms with Gasteiger partial charge in [0.1, 0.15) is 11.8 Å². The smallest absolute Gasteiger partial charge is 0.459 e. The molecule has 1 unspecified atom stereocenters. The molecular formula is C24H27N6O6P. The fourth-order valence-electron chi connectivity index (χ4n) is 4.37. The molecule has 194 valence electrons. The minimum absolute atomic E-state index is 0.0647. The number of benzene rings is 2. The van der Waals surface area contributed by atoms with Crippen molar-refractivity contribution in [3.8, 4) is 11.6 Å². The third kappa shape index (κ3) is 5.08. The monoisotopic (exact) mass is 526 g/mol. The number of nitrogens with one attached hydrogen (secondary N) is 1. The number of nitrogens with two attached hydrogens (primary N) is 1. The Morgan fingerprint density at radius 2 is 2.00 bits per heavy atom. The molecule has 2 aromatic heterocycles. The molecule has 0 saturated heterocycles. The van der Waals surface area contributed by atoms with Gasteiger partial charge in [0.15, 0.2) is 11.2 Å². The van der Waals surface area contributed by atoms with Crippen LogP contribution in [0.3, 0.4) is 0 Å². The number of carboxylic acids is 1. The van der Waals surface area contributed by atoms with E-state index in [4.69, 9.17) is 19.5 Å². The summed E-state index contributed by atoms with van der Waals surface area (Å²) >= 11 is 0. The summed E-state index contributed by atoms with van der Waals surface area (Å²) in [7, 11) is -2.53. The average Bonchev–Trinajstić information content (AvgIpc) is 3.26. The van der Waals surface area contributed by atoms with Gasteiger partial charge < -0.3 is 24.7 Å². The molecule has 13 heteroatoms. The van der Waals surface area contributed by atoms with E-state index in [2.05, 4.69) is 20.0 Å². The number of methoxy groups -OCH3 is 1. The summed E-state index contributed by atoms with van der Waals surface area (Å²) in [5.74, 6) is -0.359. The lowest BCUT2D eigenvalue weighted by Crippen LogP contribution is -2.35. The van der Waals surface area contributed by atoms with Gasteiger partial charge in [-0.1, -0.05) is 36.4 Å². The van der Waals surface area contributed by atoms with Crippen molar-refractivity contribution < 1.29 is 28.3 Å². The standard InChI is InChI=1S/C24H27N6O6P/c1-14(23(31)32)29-37(33,36-19-9-5-7-16-6-3-4-8-18(16)19)35-12-15-10-17(11-15)30-13-26-20-21(30)27-24(25)28-22(20)34-2/h3-9,13-15,17H,10-12H2,1-2H3,(H,29,33)(H,31,32)(H2,25,27,28)/t14-,15-,17+,37?/m0/s1. The van der Waals surface area contributed by atoms with Gasteiger partial charge in [-0.05, 0) is 37.1 Å². The Hall–Kier alpha value is -3.73. The first-order chi connectivity index (χ1) is 17.8. The van der Waals surface area contributed by atoms with Crippen molar-refractivity contribution in [2.24, 2.45) is 5.92 Å². The van der Waals surface area contributed by atoms with Crippen LogP contribution in [-0.2, 0) is 13.9 Å². The minimum Gasteiger partial charge on any atom is -0.480 e. The molecule has 1 fully saturated rings. The normalized spacial score (nSPS) is 19.7. The molecule has 0 bridgehead atoms. The summed E-state index contributed by atoms with van der Waals surface area (Å²) in [6, 6.07) is 11.8. The molecule has 12 nitrogen and oxygen atoms in total. The number of nitrogens with zero attached hydrogens (tertiary/aromatic N) is 4. The van der Waals surface area contributed by atoms with Crippen LogP contribution in [0.2, 0.25) is 0 Å². The Bertz CT molecular complexity index is 1500. The lowest BCUT2D eigenvalue weighted by atomic mass is 9.81. The Labute approximate surface area is 212 Å². The number of anilines is 1. The third-order valence-corrected chi connectivity index (χ3v) is 8.00. The maximum atomic E-state index is 13.7. The van der Waals surface area contributed by atoms with E-state index >= 15 is 0 Å². The van der Waals surface area contributed by atoms with Crippen molar-refractivity contribution in [3.63, 3.8) is 0 Å². The van der Waals surface area contributed by atoms with Crippen molar-refractivity contribution in [3.05, 3.63) is 48.8 Å². The number of aliphatic carboxylic acids is 1. The second kappa shape index (κ2) is 9.97. The number of hydrogen-bond donors (Lipinski definition) is 3. The molecule has 2 heterocycles. The molecule has 4 aromatic rings. The number of imidazole rings is 1. The van der Waals surface area contributed by atoms with Crippen molar-refractivity contribution in [2.75, 3.05) is 19.5 Å². The van der Waals surface area contributed by atoms with Gasteiger partial charge in [-0.15, -0.1) is 0 Å². The Balaban J connectivity index is 1.29. The number of carbonyl (C=O) groups is 1. The Kier molecular flexibility index (Phi) is 6.72. The van der Waals surface area contributed by atoms with E-state index in [9.17, 15) is 14.5 Å². The van der Waals surface area contributed by atoms with E-state index in [1.807, 2.05) is 34.9 Å². The highest BCUT2D eigenvalue weighted by atomic mass is 31.2. The Morgan fingerprint density at radius 3 is 2.76 bits per heavy atom. The number of aromatic nitrogens is 4. The molecule has 1 aliphatic rings. The molecule has 0 aliphatic heterocycles. The van der Waals surface area contributed by atoms with Gasteiger partial charge in [0, 0.05) is 11.4 Å². The number of nitrogen functional groups attached to an aromatic ring is 1. The van der Waals surface area contributed by atoms with Crippen LogP contribution in [-0.4, -0.2) is 50.4 Å². The van der Waals surface area contributed by atoms with Crippen LogP contribution in [0.4, 0.5) is 5.95 Å². The zero-order valence-corrected chi connectivity index (χ0v) is 21.2. The van der Waals surface area contributed by atoms with Crippen molar-refractivity contribution in [2.45, 2.75) is 31.8 Å². The zero-order chi connectivity index (χ0) is 26.2. The molecular weight excluding hydrogens is 499 g/mol. The minimum atomic E-state index is -4.03. The van der Waals surface area contributed by atoms with E-state index in [0.717, 1.165) is 10.8 Å². The first-order valence-corrected chi connectivity index (χ1v) is 13.3. The van der Waals surface area contributed by atoms with Gasteiger partial charge in [-0.2, -0.15) is 15.1 Å². The molecule has 0 spiro atoms. The number of ether oxygens (including phenoxy) is 1. The molecule has 4 N–H and O–H groups in total. The average molecular weight is 526 g/mol. The van der Waals surface area contributed by atoms with Gasteiger partial charge in [0.05, 0.1) is 20.0 Å². The van der Waals surface area contributed by atoms with Crippen LogP contribution in [0, 0.1) is 5.92 Å². The lowest BCUT2D eigenvalue weighted by Gasteiger charge is -2.36. The van der Waals surface area contributed by atoms with Gasteiger partial charge >= 0.3 is 13.7 Å². The highest BCUT2D eigenvalue weighted by Gasteiger charge is 2.37. The molecule has 2 aromatic carbocycles. The lowest BCUT2D eigenvalue weighted by molar-refractivity contribution is -0.138. The van der Waals surface area contributed by atoms with E-state index in [1.54, 1.807) is 18.5 Å². The maximum Gasteiger partial charge on any atom is 0.459 e. The van der Waals surface area contributed by atoms with Gasteiger partial charge in [-0.3, -0.25) is 9.32 Å². The van der Waals surface area contributed by atoms with Crippen molar-refractivity contribution in [1.82, 2.24) is 24.6 Å². The zero-order valence-electron chi connectivity index (χ0n) is 20.3. The fraction of sp³-hybridized carbons (Fsp3) is 0.333. The van der Waals surface area contributed by atoms with E-state index in [1.165, 1.54) is 14.0 Å². The molecule has 1 aliphatic carbocycles. The summed E-state index contributed by atoms with van der Waals surface area (Å²) in [5.41, 5.74) is 6.92. The van der Waals surface area contributed by atoms with Crippen LogP contribution in [0.1, 0.15) is 25.8 Å². The van der Waals surface area contributed by atoms with E-state index < -0.39 is 19.8 Å². The Morgan fingerprint density at radius 1 is 1.24 bits per heavy atom. The van der Waals surface area contributed by atoms with Gasteiger partial charge in [0.2, 0.25) is 11.8 Å². The van der Waals surface area contributed by atoms with Crippen LogP contribution in [0.25, 0.3) is 21.9 Å². The summed E-state index contributed by atoms with van der Waals surface area (Å²) in [4.78, 5) is 24.2. The van der Waals surface area contributed by atoms with E-state index in [0.29, 0.717) is 35.6 Å². The molecule has 1 saturated carbocycles. The third-order valence-electron chi connectivity index (χ3n) is 6.37. The van der Waals surface area contributed by atoms with Crippen molar-refractivity contribution >= 4 is 41.6 Å². The van der Waals surface area contributed by atoms with Crippen LogP contribution in [0.5, 0.6) is 11.6 Å². The number of fused-ring (bicyclic) bond motifs is 2. The quantitative estimate of drug-likeness (QED) is 0.258. The van der Waals surface area contributed by atoms with Crippen LogP contribution in [0.15, 0.2) is 48.8 Å². The molecule has 5 rings (SSSR count). The summed E-state index contributed by atoms with van der Waals surface area (Å²) < 4.78 is 32.5. The second-order valence-electron chi connectivity index (χ2n) is 8.96. The van der Waals surface area contributed by atoms with Gasteiger partial charge in [-0.25, -0.2) is 9.55 Å². The summed E-state index contributed by atoms with van der Waals surface area (Å²) in [5, 5.41) is 13.6. The molecule has 2 atom stereocenters. The van der Waals surface area contributed by atoms with Gasteiger partial charge in [0.25, 0.3) is 0 Å². The second-order valence-corrected chi connectivity index (χ2v) is 10.7. The molecule has 0 amide bonds.